The van der Waals surface area contributed by atoms with E-state index in [1.165, 1.54) is 5.56 Å². The zero-order valence-electron chi connectivity index (χ0n) is 11.0. The minimum Gasteiger partial charge on any atom is -0.395 e. The molecule has 1 rings (SSSR count). The monoisotopic (exact) mass is 252 g/mol. The van der Waals surface area contributed by atoms with Crippen LogP contribution in [0, 0.1) is 6.92 Å². The van der Waals surface area contributed by atoms with Gasteiger partial charge >= 0.3 is 0 Å². The normalized spacial score (nSPS) is 12.9. The first kappa shape index (κ1) is 15.1. The maximum Gasteiger partial charge on any atom is 0.0558 e. The predicted molar refractivity (Wildman–Crippen MR) is 73.3 cm³/mol. The number of aliphatic hydroxyl groups is 2. The van der Waals surface area contributed by atoms with E-state index in [1.54, 1.807) is 0 Å². The summed E-state index contributed by atoms with van der Waals surface area (Å²) < 4.78 is 0. The lowest BCUT2D eigenvalue weighted by molar-refractivity contribution is 0.157. The highest BCUT2D eigenvalue weighted by atomic mass is 16.3. The lowest BCUT2D eigenvalue weighted by atomic mass is 10.0. The SMILES string of the molecule is Cc1ccc(C(N)CCN(CCO)CCO)cc1. The van der Waals surface area contributed by atoms with Crippen LogP contribution in [0.1, 0.15) is 23.6 Å². The predicted octanol–water partition coefficient (Wildman–Crippen LogP) is 0.672. The van der Waals surface area contributed by atoms with Crippen molar-refractivity contribution in [2.24, 2.45) is 5.73 Å². The van der Waals surface area contributed by atoms with Gasteiger partial charge in [0.25, 0.3) is 0 Å². The van der Waals surface area contributed by atoms with Crippen molar-refractivity contribution in [1.29, 1.82) is 0 Å². The van der Waals surface area contributed by atoms with Gasteiger partial charge in [-0.05, 0) is 18.9 Å². The Bertz CT molecular complexity index is 321. The van der Waals surface area contributed by atoms with Crippen LogP contribution < -0.4 is 5.73 Å². The van der Waals surface area contributed by atoms with Crippen molar-refractivity contribution in [3.8, 4) is 0 Å². The molecule has 1 atom stereocenters. The first-order valence-electron chi connectivity index (χ1n) is 6.43. The fraction of sp³-hybridized carbons (Fsp3) is 0.571. The molecule has 0 saturated carbocycles. The quantitative estimate of drug-likeness (QED) is 0.636. The molecule has 0 amide bonds. The van der Waals surface area contributed by atoms with Gasteiger partial charge in [-0.1, -0.05) is 29.8 Å². The van der Waals surface area contributed by atoms with Gasteiger partial charge in [-0.15, -0.1) is 0 Å². The van der Waals surface area contributed by atoms with Crippen molar-refractivity contribution >= 4 is 0 Å². The molecule has 0 radical (unpaired) electrons. The molecule has 1 unspecified atom stereocenters. The summed E-state index contributed by atoms with van der Waals surface area (Å²) >= 11 is 0. The second-order valence-corrected chi connectivity index (χ2v) is 4.59. The smallest absolute Gasteiger partial charge is 0.0558 e. The van der Waals surface area contributed by atoms with Crippen molar-refractivity contribution in [2.75, 3.05) is 32.8 Å². The van der Waals surface area contributed by atoms with E-state index >= 15 is 0 Å². The Morgan fingerprint density at radius 2 is 1.61 bits per heavy atom. The van der Waals surface area contributed by atoms with Crippen molar-refractivity contribution in [1.82, 2.24) is 4.90 Å². The summed E-state index contributed by atoms with van der Waals surface area (Å²) in [6.07, 6.45) is 0.822. The van der Waals surface area contributed by atoms with E-state index < -0.39 is 0 Å². The van der Waals surface area contributed by atoms with Crippen molar-refractivity contribution in [3.63, 3.8) is 0 Å². The third kappa shape index (κ3) is 5.14. The molecule has 102 valence electrons. The molecule has 0 aliphatic carbocycles. The molecule has 0 heterocycles. The minimum absolute atomic E-state index is 0.00508. The number of nitrogens with zero attached hydrogens (tertiary/aromatic N) is 1. The number of rotatable bonds is 8. The Labute approximate surface area is 109 Å². The van der Waals surface area contributed by atoms with Crippen LogP contribution in [0.2, 0.25) is 0 Å². The van der Waals surface area contributed by atoms with E-state index in [4.69, 9.17) is 15.9 Å². The van der Waals surface area contributed by atoms with E-state index in [0.717, 1.165) is 18.5 Å². The molecular formula is C14H24N2O2. The van der Waals surface area contributed by atoms with Gasteiger partial charge in [-0.2, -0.15) is 0 Å². The molecule has 0 fully saturated rings. The van der Waals surface area contributed by atoms with Gasteiger partial charge in [-0.25, -0.2) is 0 Å². The molecule has 4 heteroatoms. The highest BCUT2D eigenvalue weighted by Gasteiger charge is 2.09. The Kier molecular flexibility index (Phi) is 6.90. The van der Waals surface area contributed by atoms with Gasteiger partial charge in [-0.3, -0.25) is 4.90 Å². The van der Waals surface area contributed by atoms with Crippen LogP contribution in [-0.4, -0.2) is 48.0 Å². The summed E-state index contributed by atoms with van der Waals surface area (Å²) in [6, 6.07) is 8.25. The minimum atomic E-state index is 0.00508. The molecule has 18 heavy (non-hydrogen) atoms. The van der Waals surface area contributed by atoms with Gasteiger partial charge in [0.15, 0.2) is 0 Å². The molecule has 1 aromatic carbocycles. The Morgan fingerprint density at radius 1 is 1.06 bits per heavy atom. The number of hydrogen-bond donors (Lipinski definition) is 3. The summed E-state index contributed by atoms with van der Waals surface area (Å²) in [5, 5.41) is 17.8. The maximum atomic E-state index is 8.92. The third-order valence-electron chi connectivity index (χ3n) is 3.09. The van der Waals surface area contributed by atoms with Gasteiger partial charge in [0.1, 0.15) is 0 Å². The fourth-order valence-electron chi connectivity index (χ4n) is 1.92. The molecule has 0 aliphatic heterocycles. The standard InChI is InChI=1S/C14H24N2O2/c1-12-2-4-13(5-3-12)14(15)6-7-16(8-10-17)9-11-18/h2-5,14,17-18H,6-11,15H2,1H3. The highest BCUT2D eigenvalue weighted by Crippen LogP contribution is 2.15. The third-order valence-corrected chi connectivity index (χ3v) is 3.09. The molecular weight excluding hydrogens is 228 g/mol. The summed E-state index contributed by atoms with van der Waals surface area (Å²) in [5.41, 5.74) is 8.50. The Hall–Kier alpha value is -0.940. The number of benzene rings is 1. The van der Waals surface area contributed by atoms with Crippen LogP contribution in [0.5, 0.6) is 0 Å². The van der Waals surface area contributed by atoms with Gasteiger partial charge in [0.2, 0.25) is 0 Å². The number of aliphatic hydroxyl groups excluding tert-OH is 2. The zero-order valence-corrected chi connectivity index (χ0v) is 11.0. The number of hydrogen-bond acceptors (Lipinski definition) is 4. The van der Waals surface area contributed by atoms with E-state index in [-0.39, 0.29) is 19.3 Å². The van der Waals surface area contributed by atoms with Crippen molar-refractivity contribution < 1.29 is 10.2 Å². The first-order valence-corrected chi connectivity index (χ1v) is 6.43. The molecule has 0 saturated heterocycles. The average Bonchev–Trinajstić information content (AvgIpc) is 2.37. The lowest BCUT2D eigenvalue weighted by Gasteiger charge is -2.22. The van der Waals surface area contributed by atoms with Gasteiger partial charge < -0.3 is 15.9 Å². The van der Waals surface area contributed by atoms with Crippen LogP contribution in [0.15, 0.2) is 24.3 Å². The van der Waals surface area contributed by atoms with E-state index in [9.17, 15) is 0 Å². The summed E-state index contributed by atoms with van der Waals surface area (Å²) in [7, 11) is 0. The van der Waals surface area contributed by atoms with Crippen molar-refractivity contribution in [2.45, 2.75) is 19.4 Å². The van der Waals surface area contributed by atoms with Crippen LogP contribution in [-0.2, 0) is 0 Å². The lowest BCUT2D eigenvalue weighted by Crippen LogP contribution is -2.32. The van der Waals surface area contributed by atoms with Gasteiger partial charge in [0, 0.05) is 25.7 Å². The second-order valence-electron chi connectivity index (χ2n) is 4.59. The Morgan fingerprint density at radius 3 is 2.11 bits per heavy atom. The summed E-state index contributed by atoms with van der Waals surface area (Å²) in [4.78, 5) is 2.02. The molecule has 1 aromatic rings. The maximum absolute atomic E-state index is 8.92. The average molecular weight is 252 g/mol. The molecule has 0 aliphatic rings. The number of aryl methyl sites for hydroxylation is 1. The van der Waals surface area contributed by atoms with Gasteiger partial charge in [0.05, 0.1) is 13.2 Å². The molecule has 0 spiro atoms. The van der Waals surface area contributed by atoms with E-state index in [2.05, 4.69) is 31.2 Å². The van der Waals surface area contributed by atoms with E-state index in [0.29, 0.717) is 13.1 Å². The summed E-state index contributed by atoms with van der Waals surface area (Å²) in [6.45, 7) is 4.23. The fourth-order valence-corrected chi connectivity index (χ4v) is 1.92. The molecule has 4 N–H and O–H groups in total. The highest BCUT2D eigenvalue weighted by molar-refractivity contribution is 5.23. The van der Waals surface area contributed by atoms with Crippen LogP contribution in [0.3, 0.4) is 0 Å². The topological polar surface area (TPSA) is 69.7 Å². The zero-order chi connectivity index (χ0) is 13.4. The largest absolute Gasteiger partial charge is 0.395 e. The number of nitrogens with two attached hydrogens (primary N) is 1. The van der Waals surface area contributed by atoms with Crippen LogP contribution in [0.4, 0.5) is 0 Å². The van der Waals surface area contributed by atoms with E-state index in [1.807, 2.05) is 4.90 Å². The van der Waals surface area contributed by atoms with Crippen molar-refractivity contribution in [3.05, 3.63) is 35.4 Å². The molecule has 4 nitrogen and oxygen atoms in total. The summed E-state index contributed by atoms with van der Waals surface area (Å²) in [5.74, 6) is 0. The first-order chi connectivity index (χ1) is 8.67. The van der Waals surface area contributed by atoms with Crippen LogP contribution in [0.25, 0.3) is 0 Å². The van der Waals surface area contributed by atoms with Crippen LogP contribution >= 0.6 is 0 Å². The Balaban J connectivity index is 2.43. The molecule has 0 bridgehead atoms. The second kappa shape index (κ2) is 8.21. The molecule has 0 aromatic heterocycles.